The van der Waals surface area contributed by atoms with Crippen LogP contribution in [0.25, 0.3) is 16.7 Å². The predicted octanol–water partition coefficient (Wildman–Crippen LogP) is 5.33. The van der Waals surface area contributed by atoms with Gasteiger partial charge in [-0.1, -0.05) is 6.58 Å². The summed E-state index contributed by atoms with van der Waals surface area (Å²) in [7, 11) is 0. The van der Waals surface area contributed by atoms with Gasteiger partial charge in [-0.25, -0.2) is 28.8 Å². The predicted molar refractivity (Wildman–Crippen MR) is 151 cm³/mol. The quantitative estimate of drug-likeness (QED) is 0.283. The van der Waals surface area contributed by atoms with E-state index in [0.717, 1.165) is 31.5 Å². The van der Waals surface area contributed by atoms with Crippen LogP contribution in [0.5, 0.6) is 11.5 Å². The number of likely N-dealkylation sites (tertiary alicyclic amines) is 1. The monoisotopic (exact) mass is 550 g/mol. The highest BCUT2D eigenvalue weighted by atomic mass is 19.1. The Morgan fingerprint density at radius 2 is 2.02 bits per heavy atom. The molecule has 1 saturated heterocycles. The van der Waals surface area contributed by atoms with Gasteiger partial charge in [-0.2, -0.15) is 5.10 Å². The second-order valence-corrected chi connectivity index (χ2v) is 10.6. The van der Waals surface area contributed by atoms with E-state index >= 15 is 4.39 Å². The van der Waals surface area contributed by atoms with Crippen molar-refractivity contribution >= 4 is 34.1 Å². The molecular weight excluding hydrogens is 523 g/mol. The van der Waals surface area contributed by atoms with Crippen molar-refractivity contribution in [3.05, 3.63) is 85.0 Å². The Morgan fingerprint density at radius 3 is 2.90 bits per heavy atom. The Balaban J connectivity index is 1.15. The van der Waals surface area contributed by atoms with Gasteiger partial charge in [0, 0.05) is 42.0 Å². The Labute approximate surface area is 234 Å². The third-order valence-electron chi connectivity index (χ3n) is 8.12. The van der Waals surface area contributed by atoms with Crippen LogP contribution in [0.1, 0.15) is 36.4 Å². The molecule has 2 bridgehead atoms. The summed E-state index contributed by atoms with van der Waals surface area (Å²) < 4.78 is 23.2. The molecule has 10 nitrogen and oxygen atoms in total. The molecule has 3 unspecified atom stereocenters. The molecule has 1 N–H and O–H groups in total. The molecule has 3 atom stereocenters. The number of anilines is 2. The van der Waals surface area contributed by atoms with Gasteiger partial charge in [0.25, 0.3) is 0 Å². The molecule has 11 heteroatoms. The van der Waals surface area contributed by atoms with E-state index in [-0.39, 0.29) is 23.6 Å². The zero-order valence-electron chi connectivity index (χ0n) is 22.4. The van der Waals surface area contributed by atoms with Crippen LogP contribution in [0.3, 0.4) is 0 Å². The summed E-state index contributed by atoms with van der Waals surface area (Å²) in [4.78, 5) is 32.2. The molecule has 1 aromatic carbocycles. The first kappa shape index (κ1) is 25.1. The van der Waals surface area contributed by atoms with Crippen molar-refractivity contribution in [2.24, 2.45) is 5.92 Å². The smallest absolute Gasteiger partial charge is 0.246 e. The number of benzene rings is 1. The lowest BCUT2D eigenvalue weighted by molar-refractivity contribution is -0.126. The van der Waals surface area contributed by atoms with Gasteiger partial charge in [0.15, 0.2) is 17.3 Å². The van der Waals surface area contributed by atoms with E-state index < -0.39 is 5.82 Å². The number of nitrogens with zero attached hydrogens (tertiary/aromatic N) is 7. The molecular formula is C30H27FN8O2. The molecule has 5 aromatic rings. The summed E-state index contributed by atoms with van der Waals surface area (Å²) >= 11 is 0. The Hall–Kier alpha value is -4.93. The highest BCUT2D eigenvalue weighted by molar-refractivity contribution is 5.88. The van der Waals surface area contributed by atoms with E-state index in [4.69, 9.17) is 9.72 Å². The Morgan fingerprint density at radius 1 is 1.12 bits per heavy atom. The van der Waals surface area contributed by atoms with E-state index in [1.54, 1.807) is 41.9 Å². The molecule has 1 aliphatic heterocycles. The summed E-state index contributed by atoms with van der Waals surface area (Å²) in [5.74, 6) is 1.54. The lowest BCUT2D eigenvalue weighted by atomic mass is 9.80. The maximum Gasteiger partial charge on any atom is 0.246 e. The minimum atomic E-state index is -0.454. The van der Waals surface area contributed by atoms with Gasteiger partial charge in [-0.3, -0.25) is 4.79 Å². The number of ether oxygens (including phenoxy) is 1. The number of hydrogen-bond donors (Lipinski definition) is 1. The maximum atomic E-state index is 15.6. The summed E-state index contributed by atoms with van der Waals surface area (Å²) in [6, 6.07) is 10.9. The van der Waals surface area contributed by atoms with E-state index in [2.05, 4.69) is 31.9 Å². The minimum absolute atomic E-state index is 0.00497. The summed E-state index contributed by atoms with van der Waals surface area (Å²) in [5.41, 5.74) is 3.40. The van der Waals surface area contributed by atoms with Crippen LogP contribution in [-0.4, -0.2) is 52.9 Å². The van der Waals surface area contributed by atoms with E-state index in [1.807, 2.05) is 17.0 Å². The van der Waals surface area contributed by atoms with E-state index in [1.165, 1.54) is 18.7 Å². The van der Waals surface area contributed by atoms with Crippen molar-refractivity contribution in [1.82, 2.24) is 34.4 Å². The third-order valence-corrected chi connectivity index (χ3v) is 8.12. The first-order valence-electron chi connectivity index (χ1n) is 13.5. The summed E-state index contributed by atoms with van der Waals surface area (Å²) in [6.07, 6.45) is 8.86. The van der Waals surface area contributed by atoms with Gasteiger partial charge in [0.1, 0.15) is 29.7 Å². The van der Waals surface area contributed by atoms with E-state index in [0.29, 0.717) is 45.5 Å². The second kappa shape index (κ2) is 9.92. The average Bonchev–Trinajstić information content (AvgIpc) is 3.59. The van der Waals surface area contributed by atoms with Crippen molar-refractivity contribution in [3.63, 3.8) is 0 Å². The molecule has 1 amide bonds. The zero-order chi connectivity index (χ0) is 28.1. The summed E-state index contributed by atoms with van der Waals surface area (Å²) in [5, 5.41) is 7.20. The number of nitrogens with one attached hydrogen (secondary N) is 1. The molecule has 2 fully saturated rings. The lowest BCUT2D eigenvalue weighted by Crippen LogP contribution is -2.34. The fraction of sp³-hybridized carbons (Fsp3) is 0.267. The highest BCUT2D eigenvalue weighted by Crippen LogP contribution is 2.43. The van der Waals surface area contributed by atoms with Gasteiger partial charge in [-0.15, -0.1) is 0 Å². The number of fused-ring (bicyclic) bond motifs is 4. The van der Waals surface area contributed by atoms with Crippen molar-refractivity contribution in [2.45, 2.75) is 38.1 Å². The second-order valence-electron chi connectivity index (χ2n) is 10.6. The average molecular weight is 551 g/mol. The molecule has 206 valence electrons. The molecule has 7 rings (SSSR count). The first-order chi connectivity index (χ1) is 20.0. The van der Waals surface area contributed by atoms with Crippen LogP contribution in [0, 0.1) is 18.7 Å². The number of hydrogen-bond acceptors (Lipinski definition) is 8. The lowest BCUT2D eigenvalue weighted by Gasteiger charge is -2.29. The van der Waals surface area contributed by atoms with Crippen LogP contribution >= 0.6 is 0 Å². The van der Waals surface area contributed by atoms with Gasteiger partial charge in [-0.05, 0) is 68.5 Å². The fourth-order valence-corrected chi connectivity index (χ4v) is 6.13. The molecule has 0 spiro atoms. The molecule has 1 aliphatic carbocycles. The first-order valence-corrected chi connectivity index (χ1v) is 13.5. The number of aromatic nitrogens is 6. The van der Waals surface area contributed by atoms with Crippen molar-refractivity contribution in [2.75, 3.05) is 11.9 Å². The SMILES string of the molecule is C=CC(=O)N1CC2CC(c3ccc4ncnc(Nc5ccc(Oc6ccn7ncnc7c6)c(C)c5F)c4n3)CC1C2. The number of rotatable bonds is 6. The Bertz CT molecular complexity index is 1820. The van der Waals surface area contributed by atoms with Crippen LogP contribution < -0.4 is 10.1 Å². The van der Waals surface area contributed by atoms with Crippen molar-refractivity contribution in [3.8, 4) is 11.5 Å². The van der Waals surface area contributed by atoms with Crippen LogP contribution in [0.4, 0.5) is 15.9 Å². The number of carbonyl (C=O) groups is 1. The number of halogens is 1. The van der Waals surface area contributed by atoms with Crippen LogP contribution in [0.2, 0.25) is 0 Å². The number of carbonyl (C=O) groups excluding carboxylic acids is 1. The standard InChI is InChI=1S/C30H27FN8O2/c1-3-27(40)38-14-18-10-19(12-20(38)11-18)22-4-5-24-29(36-22)30(34-15-32-24)37-23-6-7-25(17(2)28(23)31)41-21-8-9-39-26(13-21)33-16-35-39/h3-9,13,15-16,18-20H,1,10-12,14H2,2H3,(H,32,34,37). The molecule has 4 aromatic heterocycles. The normalized spacial score (nSPS) is 20.0. The molecule has 41 heavy (non-hydrogen) atoms. The number of pyridine rings is 2. The molecule has 0 radical (unpaired) electrons. The van der Waals surface area contributed by atoms with Crippen molar-refractivity contribution < 1.29 is 13.9 Å². The van der Waals surface area contributed by atoms with Crippen molar-refractivity contribution in [1.29, 1.82) is 0 Å². The zero-order valence-corrected chi connectivity index (χ0v) is 22.4. The van der Waals surface area contributed by atoms with Gasteiger partial charge in [0.2, 0.25) is 5.91 Å². The van der Waals surface area contributed by atoms with Gasteiger partial charge < -0.3 is 15.0 Å². The number of amides is 1. The highest BCUT2D eigenvalue weighted by Gasteiger charge is 2.41. The van der Waals surface area contributed by atoms with Crippen LogP contribution in [0.15, 0.2) is 67.9 Å². The largest absolute Gasteiger partial charge is 0.457 e. The van der Waals surface area contributed by atoms with Gasteiger partial charge in [0.05, 0.1) is 11.2 Å². The Kier molecular flexibility index (Phi) is 6.06. The fourth-order valence-electron chi connectivity index (χ4n) is 6.13. The third kappa shape index (κ3) is 4.52. The molecule has 5 heterocycles. The topological polar surface area (TPSA) is 110 Å². The van der Waals surface area contributed by atoms with Gasteiger partial charge >= 0.3 is 0 Å². The molecule has 1 saturated carbocycles. The van der Waals surface area contributed by atoms with E-state index in [9.17, 15) is 4.79 Å². The minimum Gasteiger partial charge on any atom is -0.457 e. The summed E-state index contributed by atoms with van der Waals surface area (Å²) in [6.45, 7) is 6.09. The van der Waals surface area contributed by atoms with Crippen LogP contribution in [-0.2, 0) is 4.79 Å². The maximum absolute atomic E-state index is 15.6. The molecule has 2 aliphatic rings.